The van der Waals surface area contributed by atoms with E-state index in [9.17, 15) is 0 Å². The Bertz CT molecular complexity index is 1800. The van der Waals surface area contributed by atoms with Crippen LogP contribution in [0.3, 0.4) is 0 Å². The molecule has 0 aromatic heterocycles. The molecular weight excluding hydrogens is 653 g/mol. The summed E-state index contributed by atoms with van der Waals surface area (Å²) in [6, 6.07) is 33.6. The molecule has 0 radical (unpaired) electrons. The minimum atomic E-state index is -2.25. The van der Waals surface area contributed by atoms with Crippen LogP contribution in [-0.2, 0) is 23.7 Å². The lowest BCUT2D eigenvalue weighted by Gasteiger charge is -2.33. The van der Waals surface area contributed by atoms with E-state index in [4.69, 9.17) is 0 Å². The lowest BCUT2D eigenvalue weighted by atomic mass is 9.86. The van der Waals surface area contributed by atoms with Crippen LogP contribution in [-0.4, -0.2) is 8.07 Å². The van der Waals surface area contributed by atoms with Gasteiger partial charge >= 0.3 is 0 Å². The first-order valence-corrected chi connectivity index (χ1v) is 24.2. The van der Waals surface area contributed by atoms with Gasteiger partial charge in [0.25, 0.3) is 0 Å². The van der Waals surface area contributed by atoms with Crippen molar-refractivity contribution in [3.63, 3.8) is 0 Å². The summed E-state index contributed by atoms with van der Waals surface area (Å²) in [6.45, 7) is 24.1. The fourth-order valence-corrected chi connectivity index (χ4v) is 13.7. The lowest BCUT2D eigenvalue weighted by Crippen LogP contribution is -2.32. The quantitative estimate of drug-likeness (QED) is 0.0899. The van der Waals surface area contributed by atoms with Gasteiger partial charge in [-0.1, -0.05) is 203 Å². The van der Waals surface area contributed by atoms with Crippen LogP contribution in [0.4, 0.5) is 0 Å². The fourth-order valence-electron chi connectivity index (χ4n) is 9.45. The Labute approximate surface area is 325 Å². The molecule has 280 valence electrons. The van der Waals surface area contributed by atoms with E-state index in [2.05, 4.69) is 153 Å². The molecule has 0 fully saturated rings. The SMILES string of the molecule is CCCCCCC1=C([Si](C)(C)C2=C(CCCCCC)Cc3cccc(-c4ccc(C(C)(C)C)cc4)c32)c2c(cccc2-c2ccc(C(C)(C)C)cc2)C1. The minimum absolute atomic E-state index is 0.142. The van der Waals surface area contributed by atoms with Crippen molar-refractivity contribution in [3.8, 4) is 22.3 Å². The van der Waals surface area contributed by atoms with Crippen molar-refractivity contribution in [2.75, 3.05) is 0 Å². The van der Waals surface area contributed by atoms with Crippen LogP contribution < -0.4 is 0 Å². The molecule has 0 atom stereocenters. The third-order valence-electron chi connectivity index (χ3n) is 12.4. The summed E-state index contributed by atoms with van der Waals surface area (Å²) >= 11 is 0. The highest BCUT2D eigenvalue weighted by atomic mass is 28.3. The molecule has 2 aliphatic carbocycles. The largest absolute Gasteiger partial charge is 0.113 e. The van der Waals surface area contributed by atoms with E-state index < -0.39 is 8.07 Å². The molecule has 2 aliphatic rings. The van der Waals surface area contributed by atoms with Crippen molar-refractivity contribution in [3.05, 3.63) is 129 Å². The first-order chi connectivity index (χ1) is 25.3. The molecule has 0 unspecified atom stereocenters. The Morgan fingerprint density at radius 1 is 0.472 bits per heavy atom. The molecule has 0 nitrogen and oxygen atoms in total. The maximum atomic E-state index is 2.74. The van der Waals surface area contributed by atoms with Crippen molar-refractivity contribution in [2.24, 2.45) is 0 Å². The van der Waals surface area contributed by atoms with E-state index in [1.165, 1.54) is 97.6 Å². The third kappa shape index (κ3) is 8.32. The van der Waals surface area contributed by atoms with Crippen LogP contribution in [0.2, 0.25) is 13.1 Å². The Kier molecular flexibility index (Phi) is 11.9. The van der Waals surface area contributed by atoms with Gasteiger partial charge in [0.2, 0.25) is 0 Å². The smallest absolute Gasteiger partial charge is 0.0655 e. The van der Waals surface area contributed by atoms with Crippen molar-refractivity contribution < 1.29 is 0 Å². The Morgan fingerprint density at radius 3 is 1.19 bits per heavy atom. The average Bonchev–Trinajstić information content (AvgIpc) is 3.70. The summed E-state index contributed by atoms with van der Waals surface area (Å²) in [6.07, 6.45) is 15.2. The van der Waals surface area contributed by atoms with Crippen molar-refractivity contribution in [1.29, 1.82) is 0 Å². The zero-order valence-corrected chi connectivity index (χ0v) is 36.1. The molecular formula is C52H68Si. The molecule has 6 rings (SSSR count). The standard InChI is InChI=1S/C52H68Si/c1-11-13-15-17-21-41-35-39-23-19-25-45(37-27-31-43(32-28-37)51(3,4)5)47(39)49(41)53(9,10)50-42(22-18-16-14-12-2)36-40-24-20-26-46(48(40)50)38-29-33-44(34-30-38)52(6,7)8/h19-20,23-34H,11-18,21-22,35-36H2,1-10H3. The van der Waals surface area contributed by atoms with Crippen LogP contribution in [0.1, 0.15) is 153 Å². The number of allylic oxidation sites excluding steroid dienone is 2. The van der Waals surface area contributed by atoms with Gasteiger partial charge in [-0.05, 0) is 115 Å². The molecule has 4 aromatic rings. The van der Waals surface area contributed by atoms with Gasteiger partial charge in [-0.15, -0.1) is 0 Å². The second-order valence-corrected chi connectivity index (χ2v) is 23.1. The van der Waals surface area contributed by atoms with Crippen molar-refractivity contribution >= 4 is 18.5 Å². The van der Waals surface area contributed by atoms with Gasteiger partial charge in [0.05, 0.1) is 0 Å². The normalized spacial score (nSPS) is 14.7. The Hall–Kier alpha value is -3.42. The summed E-state index contributed by atoms with van der Waals surface area (Å²) in [5.41, 5.74) is 18.5. The van der Waals surface area contributed by atoms with Gasteiger partial charge in [-0.2, -0.15) is 0 Å². The van der Waals surface area contributed by atoms with E-state index in [-0.39, 0.29) is 10.8 Å². The van der Waals surface area contributed by atoms with Gasteiger partial charge in [0.15, 0.2) is 0 Å². The van der Waals surface area contributed by atoms with Gasteiger partial charge < -0.3 is 0 Å². The van der Waals surface area contributed by atoms with Gasteiger partial charge in [-0.25, -0.2) is 0 Å². The Balaban J connectivity index is 1.54. The summed E-state index contributed by atoms with van der Waals surface area (Å²) in [7, 11) is -2.25. The number of rotatable bonds is 14. The molecule has 0 bridgehead atoms. The second kappa shape index (κ2) is 16.1. The van der Waals surface area contributed by atoms with Crippen LogP contribution in [0.15, 0.2) is 96.1 Å². The second-order valence-electron chi connectivity index (χ2n) is 18.9. The average molecular weight is 721 g/mol. The molecule has 0 aliphatic heterocycles. The molecule has 0 saturated heterocycles. The van der Waals surface area contributed by atoms with Gasteiger partial charge in [0.1, 0.15) is 8.07 Å². The van der Waals surface area contributed by atoms with Crippen LogP contribution >= 0.6 is 0 Å². The van der Waals surface area contributed by atoms with E-state index in [0.717, 1.165) is 12.8 Å². The molecule has 0 N–H and O–H groups in total. The zero-order valence-electron chi connectivity index (χ0n) is 35.1. The van der Waals surface area contributed by atoms with E-state index in [1.54, 1.807) is 43.8 Å². The summed E-state index contributed by atoms with van der Waals surface area (Å²) in [4.78, 5) is 0. The maximum absolute atomic E-state index is 2.74. The number of hydrogen-bond donors (Lipinski definition) is 0. The first kappa shape index (κ1) is 39.3. The van der Waals surface area contributed by atoms with Crippen molar-refractivity contribution in [1.82, 2.24) is 0 Å². The summed E-state index contributed by atoms with van der Waals surface area (Å²) in [5.74, 6) is 0. The molecule has 1 heteroatoms. The number of benzene rings is 4. The van der Waals surface area contributed by atoms with Gasteiger partial charge in [0, 0.05) is 0 Å². The van der Waals surface area contributed by atoms with Crippen LogP contribution in [0.25, 0.3) is 32.6 Å². The topological polar surface area (TPSA) is 0 Å². The number of hydrogen-bond acceptors (Lipinski definition) is 0. The highest BCUT2D eigenvalue weighted by Crippen LogP contribution is 2.54. The predicted molar refractivity (Wildman–Crippen MR) is 237 cm³/mol. The maximum Gasteiger partial charge on any atom is 0.113 e. The van der Waals surface area contributed by atoms with Crippen molar-refractivity contribution in [2.45, 2.75) is 156 Å². The number of fused-ring (bicyclic) bond motifs is 2. The molecule has 0 saturated carbocycles. The molecule has 4 aromatic carbocycles. The van der Waals surface area contributed by atoms with E-state index in [0.29, 0.717) is 0 Å². The number of unbranched alkanes of at least 4 members (excludes halogenated alkanes) is 6. The monoisotopic (exact) mass is 721 g/mol. The first-order valence-electron chi connectivity index (χ1n) is 21.2. The molecule has 53 heavy (non-hydrogen) atoms. The van der Waals surface area contributed by atoms with Gasteiger partial charge in [-0.3, -0.25) is 0 Å². The highest BCUT2D eigenvalue weighted by Gasteiger charge is 2.43. The lowest BCUT2D eigenvalue weighted by molar-refractivity contribution is 0.590. The molecule has 0 heterocycles. The summed E-state index contributed by atoms with van der Waals surface area (Å²) < 4.78 is 0. The molecule has 0 amide bonds. The predicted octanol–water partition coefficient (Wildman–Crippen LogP) is 15.7. The van der Waals surface area contributed by atoms with Crippen LogP contribution in [0.5, 0.6) is 0 Å². The van der Waals surface area contributed by atoms with E-state index in [1.807, 2.05) is 0 Å². The third-order valence-corrected chi connectivity index (χ3v) is 16.1. The van der Waals surface area contributed by atoms with Crippen LogP contribution in [0, 0.1) is 0 Å². The highest BCUT2D eigenvalue weighted by molar-refractivity contribution is 7.09. The zero-order chi connectivity index (χ0) is 38.0. The van der Waals surface area contributed by atoms with E-state index >= 15 is 0 Å². The fraction of sp³-hybridized carbons (Fsp3) is 0.462. The summed E-state index contributed by atoms with van der Waals surface area (Å²) in [5, 5.41) is 3.51. The Morgan fingerprint density at radius 2 is 0.849 bits per heavy atom. The minimum Gasteiger partial charge on any atom is -0.0655 e. The molecule has 0 spiro atoms.